The summed E-state index contributed by atoms with van der Waals surface area (Å²) in [4.78, 5) is 0. The van der Waals surface area contributed by atoms with Gasteiger partial charge in [0.15, 0.2) is 0 Å². The maximum atomic E-state index is 3.72. The molecule has 2 aliphatic rings. The first-order chi connectivity index (χ1) is 7.24. The van der Waals surface area contributed by atoms with E-state index in [1.165, 1.54) is 51.6 Å². The van der Waals surface area contributed by atoms with Crippen molar-refractivity contribution in [3.05, 3.63) is 0 Å². The quantitative estimate of drug-likeness (QED) is 0.703. The minimum atomic E-state index is 0.685. The minimum absolute atomic E-state index is 0.685. The maximum absolute atomic E-state index is 3.72. The van der Waals surface area contributed by atoms with Crippen molar-refractivity contribution in [3.63, 3.8) is 0 Å². The van der Waals surface area contributed by atoms with Gasteiger partial charge in [-0.05, 0) is 57.4 Å². The number of nitrogens with one attached hydrogen (secondary N) is 2. The summed E-state index contributed by atoms with van der Waals surface area (Å²) in [7, 11) is 0. The van der Waals surface area contributed by atoms with Crippen LogP contribution in [0.4, 0.5) is 0 Å². The van der Waals surface area contributed by atoms with Crippen molar-refractivity contribution in [3.8, 4) is 0 Å². The van der Waals surface area contributed by atoms with E-state index in [0.717, 1.165) is 6.04 Å². The Morgan fingerprint density at radius 1 is 1.47 bits per heavy atom. The second-order valence-corrected chi connectivity index (χ2v) is 5.66. The van der Waals surface area contributed by atoms with Gasteiger partial charge in [0.05, 0.1) is 0 Å². The molecule has 0 radical (unpaired) electrons. The molecule has 2 atom stereocenters. The Labute approximate surface area is 94.2 Å². The first-order valence-electron chi connectivity index (χ1n) is 6.71. The maximum Gasteiger partial charge on any atom is 0.00822 e. The van der Waals surface area contributed by atoms with E-state index in [1.54, 1.807) is 0 Å². The van der Waals surface area contributed by atoms with E-state index in [1.807, 2.05) is 0 Å². The van der Waals surface area contributed by atoms with E-state index >= 15 is 0 Å². The van der Waals surface area contributed by atoms with Crippen LogP contribution in [0.1, 0.15) is 52.4 Å². The second-order valence-electron chi connectivity index (χ2n) is 5.66. The fourth-order valence-corrected chi connectivity index (χ4v) is 2.69. The first-order valence-corrected chi connectivity index (χ1v) is 6.71. The molecule has 2 unspecified atom stereocenters. The van der Waals surface area contributed by atoms with E-state index in [0.29, 0.717) is 11.5 Å². The van der Waals surface area contributed by atoms with Gasteiger partial charge < -0.3 is 10.6 Å². The lowest BCUT2D eigenvalue weighted by molar-refractivity contribution is 0.377. The van der Waals surface area contributed by atoms with Gasteiger partial charge in [0, 0.05) is 18.6 Å². The zero-order valence-corrected chi connectivity index (χ0v) is 10.3. The SMILES string of the molecule is CCC1(CNC(C)CC2CCCN2)CC1. The fourth-order valence-electron chi connectivity index (χ4n) is 2.69. The van der Waals surface area contributed by atoms with Crippen LogP contribution >= 0.6 is 0 Å². The minimum Gasteiger partial charge on any atom is -0.314 e. The molecule has 1 aliphatic heterocycles. The molecule has 0 aromatic carbocycles. The molecular formula is C13H26N2. The Morgan fingerprint density at radius 2 is 2.27 bits per heavy atom. The average Bonchev–Trinajstić information content (AvgIpc) is 2.86. The molecule has 0 bridgehead atoms. The molecule has 2 rings (SSSR count). The third-order valence-corrected chi connectivity index (χ3v) is 4.33. The zero-order valence-electron chi connectivity index (χ0n) is 10.3. The fraction of sp³-hybridized carbons (Fsp3) is 1.00. The van der Waals surface area contributed by atoms with Crippen LogP contribution in [0.3, 0.4) is 0 Å². The highest BCUT2D eigenvalue weighted by Crippen LogP contribution is 2.47. The van der Waals surface area contributed by atoms with Gasteiger partial charge >= 0.3 is 0 Å². The summed E-state index contributed by atoms with van der Waals surface area (Å²) in [6, 6.07) is 1.47. The van der Waals surface area contributed by atoms with E-state index in [9.17, 15) is 0 Å². The molecule has 1 saturated heterocycles. The molecule has 15 heavy (non-hydrogen) atoms. The zero-order chi connectivity index (χ0) is 10.7. The van der Waals surface area contributed by atoms with Crippen molar-refractivity contribution >= 4 is 0 Å². The monoisotopic (exact) mass is 210 g/mol. The molecular weight excluding hydrogens is 184 g/mol. The van der Waals surface area contributed by atoms with Crippen molar-refractivity contribution in [1.29, 1.82) is 0 Å². The van der Waals surface area contributed by atoms with Crippen LogP contribution in [0.2, 0.25) is 0 Å². The van der Waals surface area contributed by atoms with Crippen molar-refractivity contribution < 1.29 is 0 Å². The highest BCUT2D eigenvalue weighted by molar-refractivity contribution is 4.94. The van der Waals surface area contributed by atoms with Gasteiger partial charge in [-0.1, -0.05) is 6.92 Å². The van der Waals surface area contributed by atoms with E-state index < -0.39 is 0 Å². The summed E-state index contributed by atoms with van der Waals surface area (Å²) in [5.41, 5.74) is 0.692. The summed E-state index contributed by atoms with van der Waals surface area (Å²) >= 11 is 0. The molecule has 2 fully saturated rings. The molecule has 1 aliphatic carbocycles. The third kappa shape index (κ3) is 3.18. The smallest absolute Gasteiger partial charge is 0.00822 e. The number of hydrogen-bond donors (Lipinski definition) is 2. The molecule has 2 heteroatoms. The molecule has 0 spiro atoms. The topological polar surface area (TPSA) is 24.1 Å². The molecule has 1 heterocycles. The van der Waals surface area contributed by atoms with Crippen LogP contribution in [0.25, 0.3) is 0 Å². The Kier molecular flexibility index (Phi) is 3.68. The van der Waals surface area contributed by atoms with Crippen LogP contribution in [-0.4, -0.2) is 25.2 Å². The highest BCUT2D eigenvalue weighted by atomic mass is 15.0. The molecule has 0 amide bonds. The molecule has 0 aromatic rings. The van der Waals surface area contributed by atoms with Gasteiger partial charge in [-0.25, -0.2) is 0 Å². The first kappa shape index (κ1) is 11.4. The number of rotatable bonds is 6. The summed E-state index contributed by atoms with van der Waals surface area (Å²) in [5, 5.41) is 7.30. The van der Waals surface area contributed by atoms with Gasteiger partial charge in [-0.15, -0.1) is 0 Å². The lowest BCUT2D eigenvalue weighted by Gasteiger charge is -2.21. The number of hydrogen-bond acceptors (Lipinski definition) is 2. The summed E-state index contributed by atoms with van der Waals surface area (Å²) < 4.78 is 0. The van der Waals surface area contributed by atoms with E-state index in [4.69, 9.17) is 0 Å². The Bertz CT molecular complexity index is 193. The van der Waals surface area contributed by atoms with Crippen LogP contribution in [0, 0.1) is 5.41 Å². The summed E-state index contributed by atoms with van der Waals surface area (Å²) in [5.74, 6) is 0. The van der Waals surface area contributed by atoms with Crippen LogP contribution < -0.4 is 10.6 Å². The van der Waals surface area contributed by atoms with Gasteiger partial charge in [0.25, 0.3) is 0 Å². The largest absolute Gasteiger partial charge is 0.314 e. The van der Waals surface area contributed by atoms with Gasteiger partial charge in [0.1, 0.15) is 0 Å². The second kappa shape index (κ2) is 4.84. The summed E-state index contributed by atoms with van der Waals surface area (Å²) in [6.07, 6.45) is 8.31. The van der Waals surface area contributed by atoms with Crippen LogP contribution in [0.5, 0.6) is 0 Å². The molecule has 88 valence electrons. The lowest BCUT2D eigenvalue weighted by Crippen LogP contribution is -2.36. The van der Waals surface area contributed by atoms with Crippen LogP contribution in [-0.2, 0) is 0 Å². The van der Waals surface area contributed by atoms with Crippen molar-refractivity contribution in [2.45, 2.75) is 64.5 Å². The van der Waals surface area contributed by atoms with Gasteiger partial charge in [-0.3, -0.25) is 0 Å². The average molecular weight is 210 g/mol. The van der Waals surface area contributed by atoms with Crippen molar-refractivity contribution in [2.24, 2.45) is 5.41 Å². The van der Waals surface area contributed by atoms with Crippen molar-refractivity contribution in [2.75, 3.05) is 13.1 Å². The molecule has 1 saturated carbocycles. The lowest BCUT2D eigenvalue weighted by atomic mass is 10.0. The van der Waals surface area contributed by atoms with Crippen LogP contribution in [0.15, 0.2) is 0 Å². The van der Waals surface area contributed by atoms with E-state index in [2.05, 4.69) is 24.5 Å². The molecule has 0 aromatic heterocycles. The van der Waals surface area contributed by atoms with Gasteiger partial charge in [-0.2, -0.15) is 0 Å². The molecule has 2 nitrogen and oxygen atoms in total. The predicted molar refractivity (Wildman–Crippen MR) is 65.1 cm³/mol. The van der Waals surface area contributed by atoms with Crippen molar-refractivity contribution in [1.82, 2.24) is 10.6 Å². The Hall–Kier alpha value is -0.0800. The molecule has 2 N–H and O–H groups in total. The van der Waals surface area contributed by atoms with E-state index in [-0.39, 0.29) is 0 Å². The third-order valence-electron chi connectivity index (χ3n) is 4.33. The standard InChI is InChI=1S/C13H26N2/c1-3-13(6-7-13)10-15-11(2)9-12-5-4-8-14-12/h11-12,14-15H,3-10H2,1-2H3. The summed E-state index contributed by atoms with van der Waals surface area (Å²) in [6.45, 7) is 7.15. The predicted octanol–water partition coefficient (Wildman–Crippen LogP) is 2.30. The Balaban J connectivity index is 1.61. The Morgan fingerprint density at radius 3 is 2.80 bits per heavy atom. The highest BCUT2D eigenvalue weighted by Gasteiger charge is 2.40. The normalized spacial score (nSPS) is 30.4. The van der Waals surface area contributed by atoms with Gasteiger partial charge in [0.2, 0.25) is 0 Å².